The monoisotopic (exact) mass is 454 g/mol. The van der Waals surface area contributed by atoms with Crippen LogP contribution < -0.4 is 10.6 Å². The van der Waals surface area contributed by atoms with Gasteiger partial charge in [0.15, 0.2) is 0 Å². The Morgan fingerprint density at radius 2 is 1.88 bits per heavy atom. The van der Waals surface area contributed by atoms with Gasteiger partial charge in [0.25, 0.3) is 5.91 Å². The second-order valence-electron chi connectivity index (χ2n) is 8.64. The van der Waals surface area contributed by atoms with Crippen molar-refractivity contribution in [2.75, 3.05) is 0 Å². The van der Waals surface area contributed by atoms with E-state index in [4.69, 9.17) is 0 Å². The van der Waals surface area contributed by atoms with Gasteiger partial charge in [-0.25, -0.2) is 0 Å². The fourth-order valence-corrected chi connectivity index (χ4v) is 4.12. The van der Waals surface area contributed by atoms with Crippen molar-refractivity contribution in [2.45, 2.75) is 51.6 Å². The number of allylic oxidation sites excluding steroid dienone is 5. The Hall–Kier alpha value is -3.66. The van der Waals surface area contributed by atoms with E-state index in [2.05, 4.69) is 35.4 Å². The molecule has 0 aromatic heterocycles. The van der Waals surface area contributed by atoms with Gasteiger partial charge >= 0.3 is 0 Å². The zero-order valence-corrected chi connectivity index (χ0v) is 20.1. The second-order valence-corrected chi connectivity index (χ2v) is 8.64. The largest absolute Gasteiger partial charge is 0.348 e. The quantitative estimate of drug-likeness (QED) is 0.477. The van der Waals surface area contributed by atoms with E-state index >= 15 is 0 Å². The molecule has 0 bridgehead atoms. The molecule has 2 amide bonds. The summed E-state index contributed by atoms with van der Waals surface area (Å²) >= 11 is 0. The smallest absolute Gasteiger partial charge is 0.252 e. The van der Waals surface area contributed by atoms with Crippen LogP contribution in [0.2, 0.25) is 0 Å². The highest BCUT2D eigenvalue weighted by Crippen LogP contribution is 2.18. The molecule has 34 heavy (non-hydrogen) atoms. The maximum absolute atomic E-state index is 13.4. The maximum Gasteiger partial charge on any atom is 0.252 e. The van der Waals surface area contributed by atoms with Gasteiger partial charge in [-0.2, -0.15) is 0 Å². The fraction of sp³-hybridized carbons (Fsp3) is 0.267. The predicted molar refractivity (Wildman–Crippen MR) is 140 cm³/mol. The highest BCUT2D eigenvalue weighted by Gasteiger charge is 2.25. The van der Waals surface area contributed by atoms with Gasteiger partial charge < -0.3 is 10.6 Å². The minimum Gasteiger partial charge on any atom is -0.348 e. The van der Waals surface area contributed by atoms with Crippen molar-refractivity contribution in [3.8, 4) is 0 Å². The van der Waals surface area contributed by atoms with Crippen LogP contribution >= 0.6 is 0 Å². The summed E-state index contributed by atoms with van der Waals surface area (Å²) < 4.78 is 0. The molecule has 2 aromatic carbocycles. The second kappa shape index (κ2) is 12.5. The Balaban J connectivity index is 1.83. The Morgan fingerprint density at radius 1 is 1.09 bits per heavy atom. The summed E-state index contributed by atoms with van der Waals surface area (Å²) in [6.07, 6.45) is 15.1. The molecule has 0 aliphatic heterocycles. The molecular weight excluding hydrogens is 420 g/mol. The Morgan fingerprint density at radius 3 is 2.65 bits per heavy atom. The van der Waals surface area contributed by atoms with Crippen molar-refractivity contribution < 1.29 is 9.59 Å². The maximum atomic E-state index is 13.4. The minimum absolute atomic E-state index is 0.101. The van der Waals surface area contributed by atoms with Crippen LogP contribution in [-0.4, -0.2) is 23.9 Å². The first-order chi connectivity index (χ1) is 16.5. The van der Waals surface area contributed by atoms with E-state index < -0.39 is 6.04 Å². The SMILES string of the molecule is C=C/C=C\c1c(C)cccc1C(=O)NC(Cc1ccccc1)C(=O)NC(C)C1=CC=CCCC1. The van der Waals surface area contributed by atoms with Crippen LogP contribution in [0, 0.1) is 6.92 Å². The molecule has 2 N–H and O–H groups in total. The summed E-state index contributed by atoms with van der Waals surface area (Å²) in [4.78, 5) is 26.7. The van der Waals surface area contributed by atoms with E-state index in [1.54, 1.807) is 12.1 Å². The van der Waals surface area contributed by atoms with Crippen LogP contribution in [0.1, 0.15) is 53.2 Å². The molecule has 0 saturated carbocycles. The number of nitrogens with one attached hydrogen (secondary N) is 2. The summed E-state index contributed by atoms with van der Waals surface area (Å²) in [5.41, 5.74) is 4.53. The average Bonchev–Trinajstić information content (AvgIpc) is 3.13. The lowest BCUT2D eigenvalue weighted by molar-refractivity contribution is -0.123. The van der Waals surface area contributed by atoms with Crippen molar-refractivity contribution in [1.29, 1.82) is 0 Å². The van der Waals surface area contributed by atoms with Gasteiger partial charge in [0.1, 0.15) is 6.04 Å². The summed E-state index contributed by atoms with van der Waals surface area (Å²) in [5, 5.41) is 6.13. The molecule has 0 heterocycles. The summed E-state index contributed by atoms with van der Waals surface area (Å²) in [5.74, 6) is -0.456. The number of aryl methyl sites for hydroxylation is 1. The Labute approximate surface area is 203 Å². The van der Waals surface area contributed by atoms with E-state index in [-0.39, 0.29) is 17.9 Å². The number of carbonyl (C=O) groups excluding carboxylic acids is 2. The van der Waals surface area contributed by atoms with Crippen LogP contribution in [0.4, 0.5) is 0 Å². The molecule has 1 aliphatic carbocycles. The highest BCUT2D eigenvalue weighted by atomic mass is 16.2. The summed E-state index contributed by atoms with van der Waals surface area (Å²) in [6, 6.07) is 14.6. The van der Waals surface area contributed by atoms with Crippen molar-refractivity contribution in [2.24, 2.45) is 0 Å². The predicted octanol–water partition coefficient (Wildman–Crippen LogP) is 5.71. The average molecular weight is 455 g/mol. The molecule has 0 radical (unpaired) electrons. The minimum atomic E-state index is -0.698. The molecule has 1 aliphatic rings. The topological polar surface area (TPSA) is 58.2 Å². The van der Waals surface area contributed by atoms with Gasteiger partial charge in [-0.3, -0.25) is 9.59 Å². The zero-order chi connectivity index (χ0) is 24.3. The number of hydrogen-bond acceptors (Lipinski definition) is 2. The molecule has 3 rings (SSSR count). The normalized spacial score (nSPS) is 15.2. The zero-order valence-electron chi connectivity index (χ0n) is 20.1. The molecule has 0 spiro atoms. The van der Waals surface area contributed by atoms with Gasteiger partial charge in [0, 0.05) is 18.0 Å². The number of carbonyl (C=O) groups is 2. The number of amides is 2. The lowest BCUT2D eigenvalue weighted by Crippen LogP contribution is -2.50. The lowest BCUT2D eigenvalue weighted by Gasteiger charge is -2.23. The number of benzene rings is 2. The molecule has 2 atom stereocenters. The molecule has 176 valence electrons. The third kappa shape index (κ3) is 6.92. The van der Waals surface area contributed by atoms with Crippen molar-refractivity contribution in [3.05, 3.63) is 113 Å². The van der Waals surface area contributed by atoms with Crippen molar-refractivity contribution in [3.63, 3.8) is 0 Å². The summed E-state index contributed by atoms with van der Waals surface area (Å²) in [7, 11) is 0. The first-order valence-electron chi connectivity index (χ1n) is 11.9. The van der Waals surface area contributed by atoms with E-state index in [1.807, 2.05) is 68.5 Å². The molecular formula is C30H34N2O2. The third-order valence-corrected chi connectivity index (χ3v) is 6.07. The lowest BCUT2D eigenvalue weighted by atomic mass is 9.99. The highest BCUT2D eigenvalue weighted by molar-refractivity contribution is 6.00. The summed E-state index contributed by atoms with van der Waals surface area (Å²) in [6.45, 7) is 7.69. The van der Waals surface area contributed by atoms with E-state index in [9.17, 15) is 9.59 Å². The standard InChI is InChI=1S/C30H34N2O2/c1-4-5-19-26-22(2)14-13-20-27(26)29(33)32-28(21-24-15-9-8-10-16-24)30(34)31-23(3)25-17-11-6-7-12-18-25/h4-6,8-11,13-17,19-20,23,28H,1,7,12,18,21H2,2-3H3,(H,31,34)(H,32,33)/b19-5-. The Kier molecular flexibility index (Phi) is 9.21. The molecule has 0 saturated heterocycles. The van der Waals surface area contributed by atoms with E-state index in [0.717, 1.165) is 36.0 Å². The third-order valence-electron chi connectivity index (χ3n) is 6.07. The number of rotatable bonds is 9. The van der Waals surface area contributed by atoms with E-state index in [0.29, 0.717) is 12.0 Å². The molecule has 2 aromatic rings. The van der Waals surface area contributed by atoms with Crippen LogP contribution in [-0.2, 0) is 11.2 Å². The van der Waals surface area contributed by atoms with Crippen molar-refractivity contribution >= 4 is 17.9 Å². The molecule has 2 unspecified atom stereocenters. The van der Waals surface area contributed by atoms with Crippen LogP contribution in [0.15, 0.2) is 91.1 Å². The van der Waals surface area contributed by atoms with Crippen LogP contribution in [0.3, 0.4) is 0 Å². The first-order valence-corrected chi connectivity index (χ1v) is 11.9. The van der Waals surface area contributed by atoms with Gasteiger partial charge in [0.2, 0.25) is 5.91 Å². The molecule has 4 heteroatoms. The first kappa shape index (κ1) is 25.0. The van der Waals surface area contributed by atoms with E-state index in [1.165, 1.54) is 5.57 Å². The van der Waals surface area contributed by atoms with Gasteiger partial charge in [0.05, 0.1) is 0 Å². The van der Waals surface area contributed by atoms with Crippen molar-refractivity contribution in [1.82, 2.24) is 10.6 Å². The fourth-order valence-electron chi connectivity index (χ4n) is 4.12. The van der Waals surface area contributed by atoms with Crippen LogP contribution in [0.25, 0.3) is 6.08 Å². The van der Waals surface area contributed by atoms with Gasteiger partial charge in [-0.05, 0) is 61.4 Å². The molecule has 4 nitrogen and oxygen atoms in total. The van der Waals surface area contributed by atoms with Gasteiger partial charge in [-0.15, -0.1) is 0 Å². The number of hydrogen-bond donors (Lipinski definition) is 2. The van der Waals surface area contributed by atoms with Gasteiger partial charge in [-0.1, -0.05) is 85.5 Å². The molecule has 0 fully saturated rings. The Bertz CT molecular complexity index is 1100. The van der Waals surface area contributed by atoms with Crippen LogP contribution in [0.5, 0.6) is 0 Å².